The van der Waals surface area contributed by atoms with E-state index in [1.54, 1.807) is 0 Å². The summed E-state index contributed by atoms with van der Waals surface area (Å²) in [6.07, 6.45) is 6.28. The summed E-state index contributed by atoms with van der Waals surface area (Å²) in [7, 11) is 0. The minimum Gasteiger partial charge on any atom is -0.355 e. The molecule has 0 spiro atoms. The van der Waals surface area contributed by atoms with Crippen molar-refractivity contribution in [2.75, 3.05) is 25.4 Å². The second kappa shape index (κ2) is 6.10. The van der Waals surface area contributed by atoms with Crippen LogP contribution in [0.2, 0.25) is 0 Å². The molecule has 1 amide bonds. The third-order valence-electron chi connectivity index (χ3n) is 4.01. The molecule has 0 radical (unpaired) electrons. The Bertz CT molecular complexity index is 260. The van der Waals surface area contributed by atoms with Gasteiger partial charge in [0.1, 0.15) is 0 Å². The Labute approximate surface area is 108 Å². The molecule has 4 heteroatoms. The molecule has 17 heavy (non-hydrogen) atoms. The minimum absolute atomic E-state index is 0.224. The van der Waals surface area contributed by atoms with Crippen molar-refractivity contribution in [1.82, 2.24) is 10.6 Å². The van der Waals surface area contributed by atoms with Gasteiger partial charge in [0.05, 0.1) is 5.75 Å². The molecule has 0 atom stereocenters. The molecule has 2 rings (SSSR count). The van der Waals surface area contributed by atoms with E-state index in [9.17, 15) is 4.79 Å². The van der Waals surface area contributed by atoms with Crippen molar-refractivity contribution in [3.63, 3.8) is 0 Å². The average molecular weight is 256 g/mol. The van der Waals surface area contributed by atoms with Crippen molar-refractivity contribution in [3.05, 3.63) is 0 Å². The highest BCUT2D eigenvalue weighted by molar-refractivity contribution is 8.00. The molecule has 0 unspecified atom stereocenters. The standard InChI is InChI=1S/C13H24N2OS/c1-13(5-2-6-13)10-15-12(16)9-17-11-3-7-14-8-4-11/h11,14H,2-10H2,1H3,(H,15,16). The second-order valence-electron chi connectivity index (χ2n) is 5.70. The fraction of sp³-hybridized carbons (Fsp3) is 0.923. The largest absolute Gasteiger partial charge is 0.355 e. The highest BCUT2D eigenvalue weighted by Crippen LogP contribution is 2.39. The van der Waals surface area contributed by atoms with Crippen LogP contribution in [0, 0.1) is 5.41 Å². The molecule has 2 fully saturated rings. The van der Waals surface area contributed by atoms with Crippen LogP contribution in [0.1, 0.15) is 39.0 Å². The fourth-order valence-corrected chi connectivity index (χ4v) is 3.53. The van der Waals surface area contributed by atoms with Gasteiger partial charge in [-0.1, -0.05) is 13.3 Å². The minimum atomic E-state index is 0.224. The Balaban J connectivity index is 1.57. The van der Waals surface area contributed by atoms with Gasteiger partial charge in [-0.25, -0.2) is 0 Å². The summed E-state index contributed by atoms with van der Waals surface area (Å²) >= 11 is 1.83. The number of amides is 1. The molecular weight excluding hydrogens is 232 g/mol. The van der Waals surface area contributed by atoms with E-state index in [-0.39, 0.29) is 5.91 Å². The van der Waals surface area contributed by atoms with Crippen LogP contribution in [0.4, 0.5) is 0 Å². The Morgan fingerprint density at radius 1 is 1.41 bits per heavy atom. The van der Waals surface area contributed by atoms with Crippen molar-refractivity contribution in [2.45, 2.75) is 44.3 Å². The summed E-state index contributed by atoms with van der Waals surface area (Å²) in [5, 5.41) is 7.12. The number of piperidine rings is 1. The van der Waals surface area contributed by atoms with E-state index in [0.29, 0.717) is 16.4 Å². The summed E-state index contributed by atoms with van der Waals surface area (Å²) in [6, 6.07) is 0. The average Bonchev–Trinajstić information content (AvgIpc) is 2.33. The quantitative estimate of drug-likeness (QED) is 0.788. The first-order valence-corrected chi connectivity index (χ1v) is 7.82. The maximum Gasteiger partial charge on any atom is 0.230 e. The number of thioether (sulfide) groups is 1. The predicted octanol–water partition coefficient (Wildman–Crippen LogP) is 1.78. The zero-order chi connectivity index (χ0) is 12.1. The molecular formula is C13H24N2OS. The van der Waals surface area contributed by atoms with E-state index in [1.807, 2.05) is 11.8 Å². The van der Waals surface area contributed by atoms with Gasteiger partial charge in [-0.3, -0.25) is 4.79 Å². The summed E-state index contributed by atoms with van der Waals surface area (Å²) < 4.78 is 0. The first-order valence-electron chi connectivity index (χ1n) is 6.77. The van der Waals surface area contributed by atoms with E-state index in [2.05, 4.69) is 17.6 Å². The first kappa shape index (κ1) is 13.2. The van der Waals surface area contributed by atoms with Crippen molar-refractivity contribution in [1.29, 1.82) is 0 Å². The zero-order valence-corrected chi connectivity index (χ0v) is 11.6. The Morgan fingerprint density at radius 2 is 2.12 bits per heavy atom. The van der Waals surface area contributed by atoms with Gasteiger partial charge in [-0.05, 0) is 44.2 Å². The summed E-state index contributed by atoms with van der Waals surface area (Å²) in [4.78, 5) is 11.7. The van der Waals surface area contributed by atoms with Crippen molar-refractivity contribution in [3.8, 4) is 0 Å². The molecule has 2 aliphatic rings. The Kier molecular flexibility index (Phi) is 4.74. The second-order valence-corrected chi connectivity index (χ2v) is 6.99. The van der Waals surface area contributed by atoms with E-state index in [4.69, 9.17) is 0 Å². The number of carbonyl (C=O) groups is 1. The summed E-state index contributed by atoms with van der Waals surface area (Å²) in [5.41, 5.74) is 0.398. The van der Waals surface area contributed by atoms with Crippen molar-refractivity contribution < 1.29 is 4.79 Å². The maximum absolute atomic E-state index is 11.7. The van der Waals surface area contributed by atoms with Gasteiger partial charge in [-0.2, -0.15) is 0 Å². The maximum atomic E-state index is 11.7. The molecule has 1 heterocycles. The molecule has 0 bridgehead atoms. The van der Waals surface area contributed by atoms with E-state index < -0.39 is 0 Å². The van der Waals surface area contributed by atoms with Crippen LogP contribution in [0.5, 0.6) is 0 Å². The molecule has 3 nitrogen and oxygen atoms in total. The normalized spacial score (nSPS) is 24.1. The fourth-order valence-electron chi connectivity index (χ4n) is 2.48. The third-order valence-corrected chi connectivity index (χ3v) is 5.38. The van der Waals surface area contributed by atoms with Gasteiger partial charge in [0, 0.05) is 11.8 Å². The number of carbonyl (C=O) groups excluding carboxylic acids is 1. The number of hydrogen-bond donors (Lipinski definition) is 2. The molecule has 0 aromatic heterocycles. The van der Waals surface area contributed by atoms with Gasteiger partial charge in [0.15, 0.2) is 0 Å². The molecule has 0 aromatic rings. The number of nitrogens with one attached hydrogen (secondary N) is 2. The Morgan fingerprint density at radius 3 is 2.71 bits per heavy atom. The number of hydrogen-bond acceptors (Lipinski definition) is 3. The molecule has 1 aliphatic heterocycles. The molecule has 1 saturated heterocycles. The van der Waals surface area contributed by atoms with Crippen LogP contribution >= 0.6 is 11.8 Å². The zero-order valence-electron chi connectivity index (χ0n) is 10.8. The predicted molar refractivity (Wildman–Crippen MR) is 73.3 cm³/mol. The van der Waals surface area contributed by atoms with Crippen LogP contribution in [0.3, 0.4) is 0 Å². The summed E-state index contributed by atoms with van der Waals surface area (Å²) in [6.45, 7) is 5.37. The third kappa shape index (κ3) is 4.18. The van der Waals surface area contributed by atoms with Gasteiger partial charge in [0.2, 0.25) is 5.91 Å². The lowest BCUT2D eigenvalue weighted by molar-refractivity contribution is -0.119. The molecule has 1 aliphatic carbocycles. The lowest BCUT2D eigenvalue weighted by Gasteiger charge is -2.38. The van der Waals surface area contributed by atoms with Crippen LogP contribution < -0.4 is 10.6 Å². The number of rotatable bonds is 5. The van der Waals surface area contributed by atoms with E-state index in [0.717, 1.165) is 19.6 Å². The van der Waals surface area contributed by atoms with Crippen LogP contribution in [-0.4, -0.2) is 36.5 Å². The van der Waals surface area contributed by atoms with Gasteiger partial charge in [0.25, 0.3) is 0 Å². The SMILES string of the molecule is CC1(CNC(=O)CSC2CCNCC2)CCC1. The highest BCUT2D eigenvalue weighted by atomic mass is 32.2. The smallest absolute Gasteiger partial charge is 0.230 e. The summed E-state index contributed by atoms with van der Waals surface area (Å²) in [5.74, 6) is 0.863. The van der Waals surface area contributed by atoms with Crippen LogP contribution in [-0.2, 0) is 4.79 Å². The molecule has 98 valence electrons. The van der Waals surface area contributed by atoms with Crippen LogP contribution in [0.15, 0.2) is 0 Å². The van der Waals surface area contributed by atoms with Crippen molar-refractivity contribution >= 4 is 17.7 Å². The topological polar surface area (TPSA) is 41.1 Å². The molecule has 1 saturated carbocycles. The van der Waals surface area contributed by atoms with Crippen molar-refractivity contribution in [2.24, 2.45) is 5.41 Å². The van der Waals surface area contributed by atoms with Gasteiger partial charge < -0.3 is 10.6 Å². The Hall–Kier alpha value is -0.220. The molecule has 0 aromatic carbocycles. The lowest BCUT2D eigenvalue weighted by atomic mass is 9.70. The molecule has 2 N–H and O–H groups in total. The monoisotopic (exact) mass is 256 g/mol. The van der Waals surface area contributed by atoms with E-state index in [1.165, 1.54) is 32.1 Å². The van der Waals surface area contributed by atoms with Crippen LogP contribution in [0.25, 0.3) is 0 Å². The van der Waals surface area contributed by atoms with E-state index >= 15 is 0 Å². The first-order chi connectivity index (χ1) is 8.18. The van der Waals surface area contributed by atoms with Gasteiger partial charge in [-0.15, -0.1) is 11.8 Å². The lowest BCUT2D eigenvalue weighted by Crippen LogP contribution is -2.40. The highest BCUT2D eigenvalue weighted by Gasteiger charge is 2.31. The van der Waals surface area contributed by atoms with Gasteiger partial charge >= 0.3 is 0 Å².